The molecule has 2 aliphatic heterocycles. The summed E-state index contributed by atoms with van der Waals surface area (Å²) in [5.41, 5.74) is 2.09. The first-order chi connectivity index (χ1) is 13.4. The smallest absolute Gasteiger partial charge is 0.261 e. The van der Waals surface area contributed by atoms with Crippen LogP contribution in [0.1, 0.15) is 35.2 Å². The molecule has 2 heterocycles. The van der Waals surface area contributed by atoms with Crippen molar-refractivity contribution in [3.8, 4) is 0 Å². The van der Waals surface area contributed by atoms with Gasteiger partial charge < -0.3 is 10.2 Å². The van der Waals surface area contributed by atoms with Crippen molar-refractivity contribution in [2.75, 3.05) is 17.8 Å². The standard InChI is InChI=1S/C21H25N3O3S/c1-15-2-6-18(7-3-15)23-28(26,27)20-10-4-16(5-11-20)21(25)24-13-12-17-8-9-19(14-24)22-17/h2-7,10-11,17,19,22-23H,8-9,12-14H2,1H3. The van der Waals surface area contributed by atoms with Crippen LogP contribution >= 0.6 is 0 Å². The molecule has 28 heavy (non-hydrogen) atoms. The van der Waals surface area contributed by atoms with Crippen LogP contribution in [0, 0.1) is 6.92 Å². The van der Waals surface area contributed by atoms with E-state index in [1.54, 1.807) is 24.3 Å². The minimum atomic E-state index is -3.69. The Bertz CT molecular complexity index is 955. The third-order valence-corrected chi connectivity index (χ3v) is 6.92. The number of fused-ring (bicyclic) bond motifs is 2. The third kappa shape index (κ3) is 4.05. The summed E-state index contributed by atoms with van der Waals surface area (Å²) < 4.78 is 27.7. The van der Waals surface area contributed by atoms with E-state index in [2.05, 4.69) is 10.0 Å². The second-order valence-corrected chi connectivity index (χ2v) is 9.36. The summed E-state index contributed by atoms with van der Waals surface area (Å²) in [7, 11) is -3.69. The Morgan fingerprint density at radius 3 is 2.39 bits per heavy atom. The maximum Gasteiger partial charge on any atom is 0.261 e. The van der Waals surface area contributed by atoms with Crippen LogP contribution in [0.15, 0.2) is 53.4 Å². The molecule has 0 aliphatic carbocycles. The van der Waals surface area contributed by atoms with E-state index in [1.165, 1.54) is 18.6 Å². The summed E-state index contributed by atoms with van der Waals surface area (Å²) in [6.07, 6.45) is 3.26. The Labute approximate surface area is 166 Å². The highest BCUT2D eigenvalue weighted by Crippen LogP contribution is 2.22. The number of carbonyl (C=O) groups excluding carboxylic acids is 1. The number of nitrogens with zero attached hydrogens (tertiary/aromatic N) is 1. The number of hydrogen-bond donors (Lipinski definition) is 2. The highest BCUT2D eigenvalue weighted by atomic mass is 32.2. The van der Waals surface area contributed by atoms with Gasteiger partial charge in [-0.3, -0.25) is 9.52 Å². The molecule has 6 nitrogen and oxygen atoms in total. The van der Waals surface area contributed by atoms with Gasteiger partial charge in [-0.05, 0) is 62.6 Å². The van der Waals surface area contributed by atoms with E-state index < -0.39 is 10.0 Å². The second-order valence-electron chi connectivity index (χ2n) is 7.67. The quantitative estimate of drug-likeness (QED) is 0.829. The number of hydrogen-bond acceptors (Lipinski definition) is 4. The van der Waals surface area contributed by atoms with Crippen molar-refractivity contribution in [2.45, 2.75) is 43.2 Å². The molecule has 2 unspecified atom stereocenters. The zero-order valence-corrected chi connectivity index (χ0v) is 16.7. The number of rotatable bonds is 4. The monoisotopic (exact) mass is 399 g/mol. The van der Waals surface area contributed by atoms with E-state index in [4.69, 9.17) is 0 Å². The number of likely N-dealkylation sites (tertiary alicyclic amines) is 1. The molecule has 1 amide bonds. The molecule has 0 radical (unpaired) electrons. The number of amides is 1. The van der Waals surface area contributed by atoms with Gasteiger partial charge >= 0.3 is 0 Å². The van der Waals surface area contributed by atoms with Crippen LogP contribution in [0.25, 0.3) is 0 Å². The Kier molecular flexibility index (Phi) is 5.12. The maximum absolute atomic E-state index is 12.8. The molecular formula is C21H25N3O3S. The number of carbonyl (C=O) groups is 1. The molecule has 2 aromatic rings. The van der Waals surface area contributed by atoms with Crippen molar-refractivity contribution >= 4 is 21.6 Å². The number of aryl methyl sites for hydroxylation is 1. The van der Waals surface area contributed by atoms with Gasteiger partial charge in [-0.15, -0.1) is 0 Å². The summed E-state index contributed by atoms with van der Waals surface area (Å²) >= 11 is 0. The minimum Gasteiger partial charge on any atom is -0.337 e. The van der Waals surface area contributed by atoms with Crippen LogP contribution in [0.2, 0.25) is 0 Å². The van der Waals surface area contributed by atoms with Gasteiger partial charge in [-0.2, -0.15) is 0 Å². The summed E-state index contributed by atoms with van der Waals surface area (Å²) in [5, 5.41) is 3.56. The number of sulfonamides is 1. The first-order valence-electron chi connectivity index (χ1n) is 9.65. The lowest BCUT2D eigenvalue weighted by atomic mass is 10.1. The zero-order valence-electron chi connectivity index (χ0n) is 15.9. The number of nitrogens with one attached hydrogen (secondary N) is 2. The summed E-state index contributed by atoms with van der Waals surface area (Å²) in [6, 6.07) is 14.2. The van der Waals surface area contributed by atoms with Crippen molar-refractivity contribution in [1.82, 2.24) is 10.2 Å². The van der Waals surface area contributed by atoms with Gasteiger partial charge in [-0.1, -0.05) is 17.7 Å². The Hall–Kier alpha value is -2.38. The maximum atomic E-state index is 12.8. The van der Waals surface area contributed by atoms with E-state index in [1.807, 2.05) is 24.0 Å². The average Bonchev–Trinajstić information content (AvgIpc) is 3.02. The van der Waals surface area contributed by atoms with Crippen molar-refractivity contribution < 1.29 is 13.2 Å². The van der Waals surface area contributed by atoms with Gasteiger partial charge in [0, 0.05) is 36.4 Å². The van der Waals surface area contributed by atoms with Crippen molar-refractivity contribution in [3.05, 3.63) is 59.7 Å². The molecule has 2 saturated heterocycles. The van der Waals surface area contributed by atoms with Crippen molar-refractivity contribution in [3.63, 3.8) is 0 Å². The van der Waals surface area contributed by atoms with Gasteiger partial charge in [-0.25, -0.2) is 8.42 Å². The molecule has 2 bridgehead atoms. The molecular weight excluding hydrogens is 374 g/mol. The lowest BCUT2D eigenvalue weighted by molar-refractivity contribution is 0.0748. The fourth-order valence-corrected chi connectivity index (χ4v) is 4.98. The molecule has 2 aromatic carbocycles. The summed E-state index contributed by atoms with van der Waals surface area (Å²) in [5.74, 6) is -0.0372. The number of benzene rings is 2. The van der Waals surface area contributed by atoms with Gasteiger partial charge in [0.15, 0.2) is 0 Å². The molecule has 0 saturated carbocycles. The van der Waals surface area contributed by atoms with Crippen LogP contribution in [0.4, 0.5) is 5.69 Å². The first kappa shape index (κ1) is 19.0. The topological polar surface area (TPSA) is 78.5 Å². The van der Waals surface area contributed by atoms with Crippen LogP contribution < -0.4 is 10.0 Å². The largest absolute Gasteiger partial charge is 0.337 e. The van der Waals surface area contributed by atoms with Crippen molar-refractivity contribution in [1.29, 1.82) is 0 Å². The summed E-state index contributed by atoms with van der Waals surface area (Å²) in [4.78, 5) is 14.9. The van der Waals surface area contributed by atoms with Gasteiger partial charge in [0.1, 0.15) is 0 Å². The van der Waals surface area contributed by atoms with E-state index in [0.717, 1.165) is 24.9 Å². The molecule has 2 atom stereocenters. The van der Waals surface area contributed by atoms with Crippen LogP contribution in [-0.2, 0) is 10.0 Å². The first-order valence-corrected chi connectivity index (χ1v) is 11.1. The third-order valence-electron chi connectivity index (χ3n) is 5.53. The highest BCUT2D eigenvalue weighted by Gasteiger charge is 2.31. The van der Waals surface area contributed by atoms with Crippen LogP contribution in [-0.4, -0.2) is 44.4 Å². The normalized spacial score (nSPS) is 22.0. The number of anilines is 1. The Morgan fingerprint density at radius 2 is 1.68 bits per heavy atom. The highest BCUT2D eigenvalue weighted by molar-refractivity contribution is 7.92. The minimum absolute atomic E-state index is 0.0372. The van der Waals surface area contributed by atoms with E-state index >= 15 is 0 Å². The molecule has 0 spiro atoms. The van der Waals surface area contributed by atoms with Crippen LogP contribution in [0.5, 0.6) is 0 Å². The second kappa shape index (κ2) is 7.56. The average molecular weight is 400 g/mol. The molecule has 2 fully saturated rings. The van der Waals surface area contributed by atoms with Gasteiger partial charge in [0.05, 0.1) is 4.90 Å². The molecule has 7 heteroatoms. The van der Waals surface area contributed by atoms with Gasteiger partial charge in [0.2, 0.25) is 0 Å². The Morgan fingerprint density at radius 1 is 1.00 bits per heavy atom. The zero-order chi connectivity index (χ0) is 19.7. The van der Waals surface area contributed by atoms with E-state index in [9.17, 15) is 13.2 Å². The molecule has 4 rings (SSSR count). The van der Waals surface area contributed by atoms with Gasteiger partial charge in [0.25, 0.3) is 15.9 Å². The predicted octanol–water partition coefficient (Wildman–Crippen LogP) is 2.76. The molecule has 2 aliphatic rings. The lowest BCUT2D eigenvalue weighted by Gasteiger charge is -2.24. The van der Waals surface area contributed by atoms with Crippen molar-refractivity contribution in [2.24, 2.45) is 0 Å². The fraction of sp³-hybridized carbons (Fsp3) is 0.381. The fourth-order valence-electron chi connectivity index (χ4n) is 3.92. The lowest BCUT2D eigenvalue weighted by Crippen LogP contribution is -2.39. The molecule has 0 aromatic heterocycles. The molecule has 2 N–H and O–H groups in total. The summed E-state index contributed by atoms with van der Waals surface area (Å²) in [6.45, 7) is 3.39. The van der Waals surface area contributed by atoms with E-state index in [-0.39, 0.29) is 10.8 Å². The SMILES string of the molecule is Cc1ccc(NS(=O)(=O)c2ccc(C(=O)N3CCC4CCC(C3)N4)cc2)cc1. The Balaban J connectivity index is 1.47. The molecule has 148 valence electrons. The predicted molar refractivity (Wildman–Crippen MR) is 109 cm³/mol. The van der Waals surface area contributed by atoms with E-state index in [0.29, 0.717) is 29.9 Å². The van der Waals surface area contributed by atoms with Crippen LogP contribution in [0.3, 0.4) is 0 Å².